The Hall–Kier alpha value is -4.64. The average Bonchev–Trinajstić information content (AvgIpc) is 3.25. The minimum absolute atomic E-state index is 0.0434. The molecule has 1 spiro atoms. The van der Waals surface area contributed by atoms with Crippen molar-refractivity contribution >= 4 is 17.2 Å². The summed E-state index contributed by atoms with van der Waals surface area (Å²) in [4.78, 5) is 2.48. The zero-order chi connectivity index (χ0) is 27.6. The number of benzene rings is 3. The standard InChI is InChI=1S/C36H29N3O2/c1-34(2,3)20-18-26-24-17-16-22-33-37(23-11-7-6-10-21(23)35(22,4)5)25-12-8-13-27-31(25)36(39(24)33)32-28(40-27)14-9-15-29(32)41-30(19-20)38(26)36/h6-19H,1-5H3/q+2. The molecule has 0 amide bonds. The van der Waals surface area contributed by atoms with E-state index in [1.54, 1.807) is 0 Å². The molecule has 0 saturated carbocycles. The van der Waals surface area contributed by atoms with E-state index in [-0.39, 0.29) is 10.8 Å². The fourth-order valence-electron chi connectivity index (χ4n) is 8.15. The summed E-state index contributed by atoms with van der Waals surface area (Å²) in [5.41, 5.74) is 9.93. The summed E-state index contributed by atoms with van der Waals surface area (Å²) in [7, 11) is 0. The number of nitrogens with zero attached hydrogens (tertiary/aromatic N) is 3. The topological polar surface area (TPSA) is 29.5 Å². The molecule has 3 aromatic carbocycles. The zero-order valence-corrected chi connectivity index (χ0v) is 23.7. The van der Waals surface area contributed by atoms with Crippen LogP contribution in [0.1, 0.15) is 62.4 Å². The summed E-state index contributed by atoms with van der Waals surface area (Å²) in [6.07, 6.45) is 0. The molecular formula is C36H29N3O2+2. The van der Waals surface area contributed by atoms with E-state index in [9.17, 15) is 0 Å². The minimum atomic E-state index is -0.672. The Morgan fingerprint density at radius 2 is 1.37 bits per heavy atom. The Morgan fingerprint density at radius 3 is 2.17 bits per heavy atom. The predicted octanol–water partition coefficient (Wildman–Crippen LogP) is 7.47. The van der Waals surface area contributed by atoms with Crippen LogP contribution in [0, 0.1) is 0 Å². The first-order valence-corrected chi connectivity index (χ1v) is 14.5. The third kappa shape index (κ3) is 2.21. The van der Waals surface area contributed by atoms with Crippen LogP contribution in [0.25, 0.3) is 11.4 Å². The van der Waals surface area contributed by atoms with Crippen LogP contribution in [0.2, 0.25) is 0 Å². The third-order valence-electron chi connectivity index (χ3n) is 9.98. The van der Waals surface area contributed by atoms with Gasteiger partial charge in [0.1, 0.15) is 17.2 Å². The van der Waals surface area contributed by atoms with Crippen molar-refractivity contribution in [3.63, 3.8) is 0 Å². The third-order valence-corrected chi connectivity index (χ3v) is 9.98. The molecule has 5 aliphatic heterocycles. The normalized spacial score (nSPS) is 20.0. The number of anilines is 3. The molecule has 0 radical (unpaired) electrons. The van der Waals surface area contributed by atoms with Crippen molar-refractivity contribution in [1.82, 2.24) is 0 Å². The van der Waals surface area contributed by atoms with Crippen molar-refractivity contribution in [1.29, 1.82) is 0 Å². The molecule has 1 unspecified atom stereocenters. The van der Waals surface area contributed by atoms with Gasteiger partial charge in [-0.25, -0.2) is 0 Å². The highest BCUT2D eigenvalue weighted by molar-refractivity contribution is 5.88. The van der Waals surface area contributed by atoms with Gasteiger partial charge in [-0.2, -0.15) is 4.90 Å². The van der Waals surface area contributed by atoms with E-state index in [2.05, 4.69) is 128 Å². The van der Waals surface area contributed by atoms with E-state index in [4.69, 9.17) is 9.47 Å². The van der Waals surface area contributed by atoms with Gasteiger partial charge in [0.15, 0.2) is 22.6 Å². The van der Waals surface area contributed by atoms with Gasteiger partial charge in [0.25, 0.3) is 11.5 Å². The molecule has 5 heteroatoms. The number of hydrogen-bond donors (Lipinski definition) is 0. The summed E-state index contributed by atoms with van der Waals surface area (Å²) in [5.74, 6) is 4.66. The fraction of sp³-hybridized carbons (Fsp3) is 0.222. The molecule has 0 fully saturated rings. The van der Waals surface area contributed by atoms with Crippen molar-refractivity contribution in [2.45, 2.75) is 51.1 Å². The van der Waals surface area contributed by atoms with Crippen LogP contribution in [-0.4, -0.2) is 0 Å². The summed E-state index contributed by atoms with van der Waals surface area (Å²) in [6.45, 7) is 11.5. The average molecular weight is 536 g/mol. The summed E-state index contributed by atoms with van der Waals surface area (Å²) in [5, 5.41) is 0. The summed E-state index contributed by atoms with van der Waals surface area (Å²) < 4.78 is 18.6. The number of rotatable bonds is 0. The van der Waals surface area contributed by atoms with Crippen LogP contribution in [0.5, 0.6) is 23.1 Å². The molecule has 198 valence electrons. The number of pyridine rings is 2. The largest absolute Gasteiger partial charge is 0.455 e. The summed E-state index contributed by atoms with van der Waals surface area (Å²) in [6, 6.07) is 30.9. The van der Waals surface area contributed by atoms with Gasteiger partial charge in [-0.1, -0.05) is 65.0 Å². The first-order chi connectivity index (χ1) is 19.7. The molecule has 41 heavy (non-hydrogen) atoms. The Balaban J connectivity index is 1.48. The second kappa shape index (κ2) is 6.46. The molecule has 2 aromatic heterocycles. The molecule has 1 atom stereocenters. The second-order valence-electron chi connectivity index (χ2n) is 13.5. The maximum atomic E-state index is 6.80. The SMILES string of the molecule is CC(C)(C)c1cc2[n+]3c(c1)-c1ccc4c5[n+]1C31c3c(cccc3O2)Oc2cccc(c21)N5c1ccccc1C4(C)C. The van der Waals surface area contributed by atoms with Gasteiger partial charge < -0.3 is 9.47 Å². The van der Waals surface area contributed by atoms with E-state index in [0.29, 0.717) is 0 Å². The van der Waals surface area contributed by atoms with Crippen LogP contribution in [0.4, 0.5) is 17.2 Å². The lowest BCUT2D eigenvalue weighted by Crippen LogP contribution is -2.75. The molecule has 5 aliphatic rings. The molecule has 0 N–H and O–H groups in total. The quantitative estimate of drug-likeness (QED) is 0.189. The number of ether oxygens (including phenoxy) is 2. The van der Waals surface area contributed by atoms with Gasteiger partial charge in [-0.15, -0.1) is 9.13 Å². The Kier molecular flexibility index (Phi) is 3.48. The first kappa shape index (κ1) is 22.1. The number of fused-ring (bicyclic) bond motifs is 4. The smallest absolute Gasteiger partial charge is 0.381 e. The van der Waals surface area contributed by atoms with E-state index in [1.165, 1.54) is 33.9 Å². The van der Waals surface area contributed by atoms with Crippen molar-refractivity contribution < 1.29 is 18.6 Å². The van der Waals surface area contributed by atoms with Crippen LogP contribution in [0.15, 0.2) is 84.9 Å². The number of para-hydroxylation sites is 1. The van der Waals surface area contributed by atoms with Crippen LogP contribution in [0.3, 0.4) is 0 Å². The second-order valence-corrected chi connectivity index (χ2v) is 13.5. The molecule has 7 heterocycles. The summed E-state index contributed by atoms with van der Waals surface area (Å²) >= 11 is 0. The van der Waals surface area contributed by atoms with Gasteiger partial charge in [-0.3, -0.25) is 0 Å². The van der Waals surface area contributed by atoms with Crippen molar-refractivity contribution in [3.05, 3.63) is 113 Å². The van der Waals surface area contributed by atoms with Gasteiger partial charge in [0.2, 0.25) is 5.69 Å². The Morgan fingerprint density at radius 1 is 0.659 bits per heavy atom. The van der Waals surface area contributed by atoms with E-state index >= 15 is 0 Å². The van der Waals surface area contributed by atoms with Gasteiger partial charge in [0, 0.05) is 17.0 Å². The highest BCUT2D eigenvalue weighted by atomic mass is 16.5. The van der Waals surface area contributed by atoms with Gasteiger partial charge >= 0.3 is 11.5 Å². The van der Waals surface area contributed by atoms with Crippen molar-refractivity contribution in [2.75, 3.05) is 4.90 Å². The van der Waals surface area contributed by atoms with Crippen LogP contribution in [-0.2, 0) is 16.5 Å². The first-order valence-electron chi connectivity index (χ1n) is 14.5. The monoisotopic (exact) mass is 535 g/mol. The zero-order valence-electron chi connectivity index (χ0n) is 23.7. The maximum Gasteiger partial charge on any atom is 0.381 e. The molecule has 0 aliphatic carbocycles. The molecular weight excluding hydrogens is 506 g/mol. The van der Waals surface area contributed by atoms with Gasteiger partial charge in [0.05, 0.1) is 11.6 Å². The lowest BCUT2D eigenvalue weighted by molar-refractivity contribution is -0.937. The van der Waals surface area contributed by atoms with Gasteiger partial charge in [-0.05, 0) is 53.4 Å². The molecule has 0 bridgehead atoms. The lowest BCUT2D eigenvalue weighted by atomic mass is 9.72. The predicted molar refractivity (Wildman–Crippen MR) is 156 cm³/mol. The Bertz CT molecular complexity index is 2090. The number of hydrogen-bond acceptors (Lipinski definition) is 3. The van der Waals surface area contributed by atoms with Crippen molar-refractivity contribution in [3.8, 4) is 34.5 Å². The molecule has 10 rings (SSSR count). The van der Waals surface area contributed by atoms with E-state index < -0.39 is 5.66 Å². The Labute approximate surface area is 238 Å². The van der Waals surface area contributed by atoms with Crippen LogP contribution < -0.4 is 23.5 Å². The lowest BCUT2D eigenvalue weighted by Gasteiger charge is -2.44. The van der Waals surface area contributed by atoms with Crippen LogP contribution >= 0.6 is 0 Å². The maximum absolute atomic E-state index is 6.80. The minimum Gasteiger partial charge on any atom is -0.455 e. The van der Waals surface area contributed by atoms with E-state index in [1.807, 2.05) is 6.07 Å². The number of aromatic nitrogens is 2. The molecule has 5 aromatic rings. The molecule has 0 saturated heterocycles. The highest BCUT2D eigenvalue weighted by Crippen LogP contribution is 2.63. The van der Waals surface area contributed by atoms with E-state index in [0.717, 1.165) is 45.6 Å². The van der Waals surface area contributed by atoms with Crippen molar-refractivity contribution in [2.24, 2.45) is 0 Å². The highest BCUT2D eigenvalue weighted by Gasteiger charge is 2.74. The molecule has 5 nitrogen and oxygen atoms in total. The fourth-order valence-corrected chi connectivity index (χ4v) is 8.15.